The number of hydrogen-bond donors (Lipinski definition) is 1. The molecular formula is C18H21ClN2O2. The summed E-state index contributed by atoms with van der Waals surface area (Å²) >= 11 is 5.85. The highest BCUT2D eigenvalue weighted by atomic mass is 35.5. The number of carbonyl (C=O) groups is 1. The summed E-state index contributed by atoms with van der Waals surface area (Å²) in [5.74, 6) is 0.756. The average Bonchev–Trinajstić information content (AvgIpc) is 2.56. The minimum atomic E-state index is -0.267. The van der Waals surface area contributed by atoms with Gasteiger partial charge in [-0.3, -0.25) is 9.69 Å². The number of hydrogen-bond acceptors (Lipinski definition) is 3. The van der Waals surface area contributed by atoms with Gasteiger partial charge in [0.15, 0.2) is 0 Å². The molecule has 0 saturated carbocycles. The average molecular weight is 333 g/mol. The predicted molar refractivity (Wildman–Crippen MR) is 94.0 cm³/mol. The highest BCUT2D eigenvalue weighted by molar-refractivity contribution is 6.30. The van der Waals surface area contributed by atoms with Gasteiger partial charge in [0.1, 0.15) is 5.75 Å². The molecule has 0 radical (unpaired) electrons. The highest BCUT2D eigenvalue weighted by Gasteiger charge is 2.18. The second-order valence-electron chi connectivity index (χ2n) is 5.44. The van der Waals surface area contributed by atoms with E-state index in [1.165, 1.54) is 0 Å². The van der Waals surface area contributed by atoms with E-state index in [1.807, 2.05) is 43.1 Å². The van der Waals surface area contributed by atoms with Crippen molar-refractivity contribution >= 4 is 23.2 Å². The van der Waals surface area contributed by atoms with Crippen molar-refractivity contribution in [3.05, 3.63) is 59.1 Å². The zero-order valence-electron chi connectivity index (χ0n) is 13.5. The molecule has 0 saturated heterocycles. The molecule has 0 heterocycles. The molecule has 2 rings (SSSR count). The van der Waals surface area contributed by atoms with Crippen LogP contribution in [0.5, 0.6) is 5.75 Å². The first kappa shape index (κ1) is 17.3. The van der Waals surface area contributed by atoms with Crippen LogP contribution >= 0.6 is 11.6 Å². The number of anilines is 1. The second-order valence-corrected chi connectivity index (χ2v) is 5.88. The molecule has 0 aliphatic rings. The number of nitrogens with zero attached hydrogens (tertiary/aromatic N) is 1. The van der Waals surface area contributed by atoms with E-state index in [0.29, 0.717) is 11.6 Å². The SMILES string of the molecule is COc1cccc(CN(C)[C@@H](C)C(=O)Nc2ccc(Cl)cc2)c1. The molecule has 0 spiro atoms. The summed E-state index contributed by atoms with van der Waals surface area (Å²) in [5.41, 5.74) is 1.83. The molecule has 1 N–H and O–H groups in total. The van der Waals surface area contributed by atoms with Gasteiger partial charge < -0.3 is 10.1 Å². The smallest absolute Gasteiger partial charge is 0.241 e. The molecule has 0 bridgehead atoms. The predicted octanol–water partition coefficient (Wildman–Crippen LogP) is 3.81. The van der Waals surface area contributed by atoms with E-state index < -0.39 is 0 Å². The Morgan fingerprint density at radius 3 is 2.61 bits per heavy atom. The number of ether oxygens (including phenoxy) is 1. The molecule has 0 aliphatic carbocycles. The zero-order valence-corrected chi connectivity index (χ0v) is 14.3. The lowest BCUT2D eigenvalue weighted by molar-refractivity contribution is -0.120. The van der Waals surface area contributed by atoms with E-state index in [2.05, 4.69) is 5.32 Å². The third-order valence-electron chi connectivity index (χ3n) is 3.72. The van der Waals surface area contributed by atoms with Crippen LogP contribution in [-0.2, 0) is 11.3 Å². The standard InChI is InChI=1S/C18H21ClN2O2/c1-13(18(22)20-16-9-7-15(19)8-10-16)21(2)12-14-5-4-6-17(11-14)23-3/h4-11,13H,12H2,1-3H3,(H,20,22)/t13-/m0/s1. The monoisotopic (exact) mass is 332 g/mol. The van der Waals surface area contributed by atoms with Crippen LogP contribution in [0.25, 0.3) is 0 Å². The largest absolute Gasteiger partial charge is 0.497 e. The van der Waals surface area contributed by atoms with Gasteiger partial charge in [-0.2, -0.15) is 0 Å². The second kappa shape index (κ2) is 7.99. The maximum Gasteiger partial charge on any atom is 0.241 e. The van der Waals surface area contributed by atoms with E-state index in [-0.39, 0.29) is 11.9 Å². The molecule has 0 fully saturated rings. The summed E-state index contributed by atoms with van der Waals surface area (Å²) < 4.78 is 5.22. The van der Waals surface area contributed by atoms with Crippen molar-refractivity contribution in [3.8, 4) is 5.75 Å². The molecular weight excluding hydrogens is 312 g/mol. The Morgan fingerprint density at radius 2 is 1.96 bits per heavy atom. The number of halogens is 1. The topological polar surface area (TPSA) is 41.6 Å². The van der Waals surface area contributed by atoms with Crippen molar-refractivity contribution in [1.82, 2.24) is 4.90 Å². The molecule has 5 heteroatoms. The van der Waals surface area contributed by atoms with Crippen molar-refractivity contribution in [2.75, 3.05) is 19.5 Å². The van der Waals surface area contributed by atoms with Crippen molar-refractivity contribution in [2.45, 2.75) is 19.5 Å². The summed E-state index contributed by atoms with van der Waals surface area (Å²) in [5, 5.41) is 3.54. The summed E-state index contributed by atoms with van der Waals surface area (Å²) in [6.45, 7) is 2.54. The van der Waals surface area contributed by atoms with E-state index in [0.717, 1.165) is 17.0 Å². The van der Waals surface area contributed by atoms with Crippen molar-refractivity contribution < 1.29 is 9.53 Å². The van der Waals surface area contributed by atoms with Crippen LogP contribution in [-0.4, -0.2) is 31.0 Å². The molecule has 2 aromatic rings. The quantitative estimate of drug-likeness (QED) is 0.874. The van der Waals surface area contributed by atoms with Gasteiger partial charge in [0.25, 0.3) is 0 Å². The fourth-order valence-corrected chi connectivity index (χ4v) is 2.30. The number of amides is 1. The molecule has 4 nitrogen and oxygen atoms in total. The summed E-state index contributed by atoms with van der Waals surface area (Å²) in [6.07, 6.45) is 0. The van der Waals surface area contributed by atoms with Crippen molar-refractivity contribution in [1.29, 1.82) is 0 Å². The summed E-state index contributed by atoms with van der Waals surface area (Å²) in [6, 6.07) is 14.6. The fraction of sp³-hybridized carbons (Fsp3) is 0.278. The number of carbonyl (C=O) groups excluding carboxylic acids is 1. The molecule has 0 aliphatic heterocycles. The maximum absolute atomic E-state index is 12.3. The van der Waals surface area contributed by atoms with Crippen molar-refractivity contribution in [3.63, 3.8) is 0 Å². The Bertz CT molecular complexity index is 658. The third-order valence-corrected chi connectivity index (χ3v) is 3.97. The van der Waals surface area contributed by atoms with Crippen molar-refractivity contribution in [2.24, 2.45) is 0 Å². The molecule has 0 aromatic heterocycles. The summed E-state index contributed by atoms with van der Waals surface area (Å²) in [7, 11) is 3.57. The molecule has 2 aromatic carbocycles. The van der Waals surface area contributed by atoms with Gasteiger partial charge in [-0.25, -0.2) is 0 Å². The number of benzene rings is 2. The molecule has 23 heavy (non-hydrogen) atoms. The molecule has 1 amide bonds. The number of methoxy groups -OCH3 is 1. The normalized spacial score (nSPS) is 12.0. The minimum Gasteiger partial charge on any atom is -0.497 e. The first-order valence-electron chi connectivity index (χ1n) is 7.39. The Morgan fingerprint density at radius 1 is 1.26 bits per heavy atom. The summed E-state index contributed by atoms with van der Waals surface area (Å²) in [4.78, 5) is 14.3. The Labute approximate surface area is 142 Å². The Balaban J connectivity index is 1.96. The van der Waals surface area contributed by atoms with Crippen LogP contribution in [0.4, 0.5) is 5.69 Å². The Hall–Kier alpha value is -2.04. The van der Waals surface area contributed by atoms with Crippen LogP contribution in [0, 0.1) is 0 Å². The number of likely N-dealkylation sites (N-methyl/N-ethyl adjacent to an activating group) is 1. The van der Waals surface area contributed by atoms with Crippen LogP contribution in [0.3, 0.4) is 0 Å². The number of nitrogens with one attached hydrogen (secondary N) is 1. The van der Waals surface area contributed by atoms with E-state index >= 15 is 0 Å². The molecule has 122 valence electrons. The van der Waals surface area contributed by atoms with Gasteiger partial charge in [0.05, 0.1) is 13.2 Å². The van der Waals surface area contributed by atoms with Gasteiger partial charge >= 0.3 is 0 Å². The minimum absolute atomic E-state index is 0.0577. The zero-order chi connectivity index (χ0) is 16.8. The number of rotatable bonds is 6. The maximum atomic E-state index is 12.3. The van der Waals surface area contributed by atoms with Gasteiger partial charge in [-0.1, -0.05) is 23.7 Å². The first-order chi connectivity index (χ1) is 11.0. The third kappa shape index (κ3) is 4.98. The highest BCUT2D eigenvalue weighted by Crippen LogP contribution is 2.16. The van der Waals surface area contributed by atoms with Crippen LogP contribution in [0.15, 0.2) is 48.5 Å². The van der Waals surface area contributed by atoms with E-state index in [1.54, 1.807) is 31.4 Å². The lowest BCUT2D eigenvalue weighted by atomic mass is 10.1. The van der Waals surface area contributed by atoms with Crippen LogP contribution < -0.4 is 10.1 Å². The van der Waals surface area contributed by atoms with E-state index in [4.69, 9.17) is 16.3 Å². The molecule has 0 unspecified atom stereocenters. The first-order valence-corrected chi connectivity index (χ1v) is 7.77. The van der Waals surface area contributed by atoms with Gasteiger partial charge in [0, 0.05) is 17.3 Å². The van der Waals surface area contributed by atoms with Gasteiger partial charge in [-0.05, 0) is 55.9 Å². The lowest BCUT2D eigenvalue weighted by Gasteiger charge is -2.24. The van der Waals surface area contributed by atoms with Gasteiger partial charge in [-0.15, -0.1) is 0 Å². The van der Waals surface area contributed by atoms with Gasteiger partial charge in [0.2, 0.25) is 5.91 Å². The van der Waals surface area contributed by atoms with Crippen LogP contribution in [0.1, 0.15) is 12.5 Å². The fourth-order valence-electron chi connectivity index (χ4n) is 2.18. The lowest BCUT2D eigenvalue weighted by Crippen LogP contribution is -2.39. The Kier molecular flexibility index (Phi) is 6.02. The molecule has 1 atom stereocenters. The van der Waals surface area contributed by atoms with Crippen LogP contribution in [0.2, 0.25) is 5.02 Å². The van der Waals surface area contributed by atoms with E-state index in [9.17, 15) is 4.79 Å².